The molecule has 2 aromatic heterocycles. The summed E-state index contributed by atoms with van der Waals surface area (Å²) in [5.74, 6) is -0.601. The Bertz CT molecular complexity index is 1330. The molecule has 0 aliphatic carbocycles. The number of hydrogen-bond donors (Lipinski definition) is 0. The Balaban J connectivity index is 1.56. The average molecular weight is 465 g/mol. The van der Waals surface area contributed by atoms with E-state index in [1.807, 2.05) is 54.8 Å². The molecule has 2 heterocycles. The number of aryl methyl sites for hydroxylation is 2. The smallest absolute Gasteiger partial charge is 0.325 e. The predicted octanol–water partition coefficient (Wildman–Crippen LogP) is 4.29. The maximum atomic E-state index is 13.1. The van der Waals surface area contributed by atoms with E-state index in [4.69, 9.17) is 21.3 Å². The molecule has 4 rings (SSSR count). The van der Waals surface area contributed by atoms with Crippen molar-refractivity contribution in [2.45, 2.75) is 33.2 Å². The van der Waals surface area contributed by atoms with Gasteiger partial charge in [-0.1, -0.05) is 35.9 Å². The van der Waals surface area contributed by atoms with Crippen LogP contribution in [0.4, 0.5) is 0 Å². The van der Waals surface area contributed by atoms with Crippen LogP contribution in [-0.2, 0) is 27.3 Å². The van der Waals surface area contributed by atoms with Gasteiger partial charge in [-0.05, 0) is 55.7 Å². The van der Waals surface area contributed by atoms with Gasteiger partial charge in [0.2, 0.25) is 5.91 Å². The summed E-state index contributed by atoms with van der Waals surface area (Å²) in [6.45, 7) is 4.13. The van der Waals surface area contributed by atoms with Crippen LogP contribution in [-0.4, -0.2) is 45.0 Å². The van der Waals surface area contributed by atoms with Gasteiger partial charge in [0.15, 0.2) is 5.65 Å². The summed E-state index contributed by atoms with van der Waals surface area (Å²) < 4.78 is 6.63. The normalized spacial score (nSPS) is 11.2. The first-order valence-electron chi connectivity index (χ1n) is 10.7. The maximum Gasteiger partial charge on any atom is 0.325 e. The Morgan fingerprint density at radius 2 is 1.82 bits per heavy atom. The van der Waals surface area contributed by atoms with Crippen LogP contribution in [0.25, 0.3) is 16.6 Å². The molecule has 2 aromatic carbocycles. The SMILES string of the molecule is COC(=O)CN(Cc1ccc(Cl)cc1)C(=O)CCc1c(C)nc2c3ccccc3nn2c1C. The zero-order valence-corrected chi connectivity index (χ0v) is 19.6. The summed E-state index contributed by atoms with van der Waals surface area (Å²) in [6.07, 6.45) is 0.730. The molecule has 1 amide bonds. The summed E-state index contributed by atoms with van der Waals surface area (Å²) in [5.41, 5.74) is 5.39. The van der Waals surface area contributed by atoms with Crippen LogP contribution in [0.5, 0.6) is 0 Å². The van der Waals surface area contributed by atoms with Crippen molar-refractivity contribution in [1.29, 1.82) is 0 Å². The van der Waals surface area contributed by atoms with E-state index in [0.717, 1.165) is 39.1 Å². The lowest BCUT2D eigenvalue weighted by Crippen LogP contribution is -2.36. The van der Waals surface area contributed by atoms with Gasteiger partial charge in [0, 0.05) is 34.8 Å². The highest BCUT2D eigenvalue weighted by atomic mass is 35.5. The summed E-state index contributed by atoms with van der Waals surface area (Å²) in [4.78, 5) is 31.3. The molecule has 0 unspecified atom stereocenters. The minimum Gasteiger partial charge on any atom is -0.468 e. The van der Waals surface area contributed by atoms with Crippen molar-refractivity contribution in [3.05, 3.63) is 76.1 Å². The predicted molar refractivity (Wildman–Crippen MR) is 127 cm³/mol. The average Bonchev–Trinajstić information content (AvgIpc) is 3.18. The number of fused-ring (bicyclic) bond motifs is 3. The second kappa shape index (κ2) is 9.58. The second-order valence-corrected chi connectivity index (χ2v) is 8.40. The molecule has 0 N–H and O–H groups in total. The number of esters is 1. The van der Waals surface area contributed by atoms with E-state index in [9.17, 15) is 9.59 Å². The van der Waals surface area contributed by atoms with Gasteiger partial charge in [0.25, 0.3) is 0 Å². The largest absolute Gasteiger partial charge is 0.468 e. The number of carbonyl (C=O) groups excluding carboxylic acids is 2. The molecular weight excluding hydrogens is 440 g/mol. The number of benzene rings is 2. The van der Waals surface area contributed by atoms with Gasteiger partial charge < -0.3 is 9.64 Å². The zero-order valence-electron chi connectivity index (χ0n) is 18.8. The fraction of sp³-hybridized carbons (Fsp3) is 0.280. The van der Waals surface area contributed by atoms with Crippen LogP contribution in [0, 0.1) is 13.8 Å². The highest BCUT2D eigenvalue weighted by molar-refractivity contribution is 6.30. The Labute approximate surface area is 196 Å². The van der Waals surface area contributed by atoms with Crippen molar-refractivity contribution in [3.63, 3.8) is 0 Å². The Kier molecular flexibility index (Phi) is 6.60. The molecule has 0 saturated heterocycles. The van der Waals surface area contributed by atoms with Crippen molar-refractivity contribution in [2.24, 2.45) is 0 Å². The molecule has 0 spiro atoms. The van der Waals surface area contributed by atoms with Gasteiger partial charge in [0.1, 0.15) is 6.54 Å². The number of halogens is 1. The molecule has 8 heteroatoms. The van der Waals surface area contributed by atoms with Gasteiger partial charge in [-0.15, -0.1) is 0 Å². The number of carbonyl (C=O) groups is 2. The molecule has 0 fully saturated rings. The van der Waals surface area contributed by atoms with Gasteiger partial charge in [-0.2, -0.15) is 5.10 Å². The van der Waals surface area contributed by atoms with Crippen LogP contribution in [0.3, 0.4) is 0 Å². The standard InChI is InChI=1S/C25H25ClN4O3/c1-16-20(17(2)30-25(27-16)21-6-4-5-7-22(21)28-30)12-13-23(31)29(15-24(32)33-3)14-18-8-10-19(26)11-9-18/h4-11H,12-15H2,1-3H3. The fourth-order valence-electron chi connectivity index (χ4n) is 3.99. The lowest BCUT2D eigenvalue weighted by Gasteiger charge is -2.22. The molecular formula is C25H25ClN4O3. The van der Waals surface area contributed by atoms with Crippen LogP contribution >= 0.6 is 11.6 Å². The van der Waals surface area contributed by atoms with Crippen LogP contribution < -0.4 is 0 Å². The summed E-state index contributed by atoms with van der Waals surface area (Å²) >= 11 is 5.96. The van der Waals surface area contributed by atoms with E-state index in [0.29, 0.717) is 18.0 Å². The first-order valence-corrected chi connectivity index (χ1v) is 11.1. The van der Waals surface area contributed by atoms with Crippen molar-refractivity contribution >= 4 is 40.0 Å². The van der Waals surface area contributed by atoms with Crippen LogP contribution in [0.15, 0.2) is 48.5 Å². The molecule has 0 bridgehead atoms. The third-order valence-corrected chi connectivity index (χ3v) is 6.05. The Hall–Kier alpha value is -3.45. The molecule has 0 aliphatic heterocycles. The highest BCUT2D eigenvalue weighted by Crippen LogP contribution is 2.23. The summed E-state index contributed by atoms with van der Waals surface area (Å²) in [6, 6.07) is 15.1. The number of nitrogens with zero attached hydrogens (tertiary/aromatic N) is 4. The molecule has 170 valence electrons. The highest BCUT2D eigenvalue weighted by Gasteiger charge is 2.20. The van der Waals surface area contributed by atoms with Gasteiger partial charge in [-0.3, -0.25) is 9.59 Å². The topological polar surface area (TPSA) is 76.8 Å². The third-order valence-electron chi connectivity index (χ3n) is 5.79. The van der Waals surface area contributed by atoms with Crippen molar-refractivity contribution in [2.75, 3.05) is 13.7 Å². The van der Waals surface area contributed by atoms with E-state index >= 15 is 0 Å². The molecule has 4 aromatic rings. The van der Waals surface area contributed by atoms with E-state index < -0.39 is 5.97 Å². The second-order valence-electron chi connectivity index (χ2n) is 7.97. The third kappa shape index (κ3) is 4.83. The first kappa shape index (κ1) is 22.7. The number of rotatable bonds is 7. The number of ether oxygens (including phenoxy) is 1. The van der Waals surface area contributed by atoms with E-state index in [1.54, 1.807) is 12.1 Å². The first-order chi connectivity index (χ1) is 15.9. The van der Waals surface area contributed by atoms with Crippen LogP contribution in [0.2, 0.25) is 5.02 Å². The van der Waals surface area contributed by atoms with E-state index in [2.05, 4.69) is 5.10 Å². The van der Waals surface area contributed by atoms with E-state index in [-0.39, 0.29) is 18.9 Å². The molecule has 33 heavy (non-hydrogen) atoms. The summed E-state index contributed by atoms with van der Waals surface area (Å²) in [5, 5.41) is 6.29. The van der Waals surface area contributed by atoms with Crippen LogP contribution in [0.1, 0.15) is 28.9 Å². The van der Waals surface area contributed by atoms with Crippen molar-refractivity contribution in [3.8, 4) is 0 Å². The number of methoxy groups -OCH3 is 1. The number of aromatic nitrogens is 3. The van der Waals surface area contributed by atoms with Crippen molar-refractivity contribution < 1.29 is 14.3 Å². The summed E-state index contributed by atoms with van der Waals surface area (Å²) in [7, 11) is 1.31. The number of amides is 1. The quantitative estimate of drug-likeness (QED) is 0.381. The minimum atomic E-state index is -0.462. The zero-order chi connectivity index (χ0) is 23.5. The molecule has 7 nitrogen and oxygen atoms in total. The maximum absolute atomic E-state index is 13.1. The van der Waals surface area contributed by atoms with Gasteiger partial charge >= 0.3 is 5.97 Å². The molecule has 0 radical (unpaired) electrons. The lowest BCUT2D eigenvalue weighted by atomic mass is 10.1. The van der Waals surface area contributed by atoms with Gasteiger partial charge in [0.05, 0.1) is 12.6 Å². The molecule has 0 saturated carbocycles. The Morgan fingerprint density at radius 1 is 1.09 bits per heavy atom. The lowest BCUT2D eigenvalue weighted by molar-refractivity contribution is -0.147. The van der Waals surface area contributed by atoms with E-state index in [1.165, 1.54) is 12.0 Å². The fourth-order valence-corrected chi connectivity index (χ4v) is 4.12. The number of hydrogen-bond acceptors (Lipinski definition) is 5. The monoisotopic (exact) mass is 464 g/mol. The molecule has 0 aliphatic rings. The molecule has 0 atom stereocenters. The Morgan fingerprint density at radius 3 is 2.55 bits per heavy atom. The van der Waals surface area contributed by atoms with Gasteiger partial charge in [-0.25, -0.2) is 9.50 Å². The minimum absolute atomic E-state index is 0.113. The van der Waals surface area contributed by atoms with Crippen molar-refractivity contribution in [1.82, 2.24) is 19.5 Å².